The molecule has 0 spiro atoms. The maximum atomic E-state index is 9.67. The largest absolute Gasteiger partial charge is 1.00 e. The van der Waals surface area contributed by atoms with Crippen molar-refractivity contribution >= 4 is 6.29 Å². The van der Waals surface area contributed by atoms with Crippen LogP contribution in [0.2, 0.25) is 0 Å². The maximum absolute atomic E-state index is 9.67. The molecule has 0 rings (SSSR count). The summed E-state index contributed by atoms with van der Waals surface area (Å²) >= 11 is 0. The zero-order valence-electron chi connectivity index (χ0n) is 5.33. The van der Waals surface area contributed by atoms with Gasteiger partial charge in [0.15, 0.2) is 0 Å². The second-order valence-corrected chi connectivity index (χ2v) is 1.09. The van der Waals surface area contributed by atoms with Crippen molar-refractivity contribution in [3.63, 3.8) is 0 Å². The Kier molecular flexibility index (Phi) is 7.65. The van der Waals surface area contributed by atoms with E-state index in [4.69, 9.17) is 0 Å². The Balaban J connectivity index is 0. The maximum Gasteiger partial charge on any atom is 1.00 e. The molecule has 4 nitrogen and oxygen atoms in total. The van der Waals surface area contributed by atoms with Crippen LogP contribution in [0.5, 0.6) is 0 Å². The van der Waals surface area contributed by atoms with Gasteiger partial charge in [0.05, 0.1) is 4.92 Å². The van der Waals surface area contributed by atoms with E-state index in [1.807, 2.05) is 0 Å². The molecule has 0 atom stereocenters. The fraction of sp³-hybridized carbons (Fsp3) is 0.250. The van der Waals surface area contributed by atoms with Crippen LogP contribution in [0.1, 0.15) is 6.92 Å². The first kappa shape index (κ1) is 11.6. The number of nitro groups is 1. The molecule has 0 aromatic heterocycles. The van der Waals surface area contributed by atoms with E-state index >= 15 is 0 Å². The quantitative estimate of drug-likeness (QED) is 0.138. The number of carbonyl (C=O) groups excluding carboxylic acids is 1. The molecule has 0 saturated heterocycles. The van der Waals surface area contributed by atoms with E-state index in [2.05, 4.69) is 0 Å². The molecule has 5 heteroatoms. The minimum Gasteiger partial charge on any atom is -0.291 e. The molecule has 0 aliphatic carbocycles. The molecule has 0 saturated carbocycles. The van der Waals surface area contributed by atoms with Crippen molar-refractivity contribution in [2.24, 2.45) is 0 Å². The normalized spacial score (nSPS) is 9.67. The molecule has 0 heterocycles. The summed E-state index contributed by atoms with van der Waals surface area (Å²) in [5.74, 6) is 0. The van der Waals surface area contributed by atoms with Crippen molar-refractivity contribution in [3.8, 4) is 0 Å². The minimum absolute atomic E-state index is 0. The number of hydrogen-bond acceptors (Lipinski definition) is 3. The van der Waals surface area contributed by atoms with Crippen LogP contribution in [0, 0.1) is 10.1 Å². The summed E-state index contributed by atoms with van der Waals surface area (Å²) < 4.78 is 0. The molecule has 0 aliphatic heterocycles. The first-order valence-electron chi connectivity index (χ1n) is 1.98. The summed E-state index contributed by atoms with van der Waals surface area (Å²) in [6, 6.07) is 0. The molecule has 0 aromatic carbocycles. The summed E-state index contributed by atoms with van der Waals surface area (Å²) in [5.41, 5.74) is -0.398. The van der Waals surface area contributed by atoms with Crippen LogP contribution in [0.15, 0.2) is 11.8 Å². The molecular formula is C4H5NNaO3+. The van der Waals surface area contributed by atoms with E-state index in [-0.39, 0.29) is 35.8 Å². The van der Waals surface area contributed by atoms with Crippen molar-refractivity contribution in [2.75, 3.05) is 0 Å². The first-order chi connectivity index (χ1) is 3.72. The van der Waals surface area contributed by atoms with Crippen LogP contribution < -0.4 is 29.6 Å². The number of hydrogen-bond donors (Lipinski definition) is 0. The molecule has 9 heavy (non-hydrogen) atoms. The van der Waals surface area contributed by atoms with Gasteiger partial charge < -0.3 is 0 Å². The Morgan fingerprint density at radius 3 is 2.11 bits per heavy atom. The van der Waals surface area contributed by atoms with Crippen molar-refractivity contribution in [1.29, 1.82) is 0 Å². The third kappa shape index (κ3) is 4.32. The average molecular weight is 138 g/mol. The van der Waals surface area contributed by atoms with Gasteiger partial charge in [-0.3, -0.25) is 14.9 Å². The van der Waals surface area contributed by atoms with Gasteiger partial charge in [-0.25, -0.2) is 0 Å². The van der Waals surface area contributed by atoms with Crippen LogP contribution >= 0.6 is 0 Å². The number of nitrogens with zero attached hydrogens (tertiary/aromatic N) is 1. The molecule has 0 aromatic rings. The SMILES string of the molecule is CC=C(C=O)[N+](=O)[O-].[Na+]. The van der Waals surface area contributed by atoms with Gasteiger partial charge >= 0.3 is 35.3 Å². The minimum atomic E-state index is -0.729. The monoisotopic (exact) mass is 138 g/mol. The van der Waals surface area contributed by atoms with E-state index in [0.717, 1.165) is 6.08 Å². The third-order valence-electron chi connectivity index (χ3n) is 0.627. The first-order valence-corrected chi connectivity index (χ1v) is 1.98. The van der Waals surface area contributed by atoms with Crippen LogP contribution in [0.25, 0.3) is 0 Å². The zero-order valence-corrected chi connectivity index (χ0v) is 7.33. The summed E-state index contributed by atoms with van der Waals surface area (Å²) in [6.07, 6.45) is 1.35. The van der Waals surface area contributed by atoms with Crippen molar-refractivity contribution in [2.45, 2.75) is 6.92 Å². The molecule has 44 valence electrons. The standard InChI is InChI=1S/C4H5NO3.Na/c1-2-4(3-6)5(7)8;/h2-3H,1H3;/q;+1. The fourth-order valence-corrected chi connectivity index (χ4v) is 0.216. The molecule has 0 radical (unpaired) electrons. The topological polar surface area (TPSA) is 60.2 Å². The molecular weight excluding hydrogens is 133 g/mol. The number of rotatable bonds is 2. The fourth-order valence-electron chi connectivity index (χ4n) is 0.216. The van der Waals surface area contributed by atoms with Crippen LogP contribution in [0.3, 0.4) is 0 Å². The Hall–Kier alpha value is -0.190. The Bertz CT molecular complexity index is 143. The molecule has 0 unspecified atom stereocenters. The van der Waals surface area contributed by atoms with E-state index < -0.39 is 10.6 Å². The van der Waals surface area contributed by atoms with E-state index in [1.54, 1.807) is 0 Å². The van der Waals surface area contributed by atoms with Gasteiger partial charge in [-0.15, -0.1) is 0 Å². The molecule has 0 aliphatic rings. The van der Waals surface area contributed by atoms with E-state index in [9.17, 15) is 14.9 Å². The zero-order chi connectivity index (χ0) is 6.57. The summed E-state index contributed by atoms with van der Waals surface area (Å²) in [5, 5.41) is 9.67. The summed E-state index contributed by atoms with van der Waals surface area (Å²) in [4.78, 5) is 18.6. The van der Waals surface area contributed by atoms with Gasteiger partial charge in [-0.05, 0) is 13.0 Å². The number of carbonyl (C=O) groups is 1. The summed E-state index contributed by atoms with van der Waals surface area (Å²) in [6.45, 7) is 1.44. The average Bonchev–Trinajstić information content (AvgIpc) is 1.69. The third-order valence-corrected chi connectivity index (χ3v) is 0.627. The molecule has 0 bridgehead atoms. The van der Waals surface area contributed by atoms with Gasteiger partial charge in [0.1, 0.15) is 0 Å². The molecule has 0 amide bonds. The van der Waals surface area contributed by atoms with Gasteiger partial charge in [0, 0.05) is 0 Å². The Morgan fingerprint density at radius 2 is 2.11 bits per heavy atom. The van der Waals surface area contributed by atoms with Gasteiger partial charge in [0.2, 0.25) is 6.29 Å². The predicted octanol–water partition coefficient (Wildman–Crippen LogP) is -2.63. The van der Waals surface area contributed by atoms with E-state index in [1.165, 1.54) is 6.92 Å². The van der Waals surface area contributed by atoms with Crippen LogP contribution in [-0.4, -0.2) is 11.2 Å². The van der Waals surface area contributed by atoms with Crippen molar-refractivity contribution < 1.29 is 39.3 Å². The predicted molar refractivity (Wildman–Crippen MR) is 26.8 cm³/mol. The summed E-state index contributed by atoms with van der Waals surface area (Å²) in [7, 11) is 0. The second-order valence-electron chi connectivity index (χ2n) is 1.09. The smallest absolute Gasteiger partial charge is 0.291 e. The van der Waals surface area contributed by atoms with Crippen LogP contribution in [-0.2, 0) is 4.79 Å². The van der Waals surface area contributed by atoms with Gasteiger partial charge in [0.25, 0.3) is 0 Å². The van der Waals surface area contributed by atoms with Gasteiger partial charge in [-0.2, -0.15) is 0 Å². The molecule has 0 N–H and O–H groups in total. The van der Waals surface area contributed by atoms with Crippen LogP contribution in [0.4, 0.5) is 0 Å². The van der Waals surface area contributed by atoms with E-state index in [0.29, 0.717) is 0 Å². The second kappa shape index (κ2) is 5.94. The Labute approximate surface area is 74.4 Å². The number of allylic oxidation sites excluding steroid dienone is 2. The molecule has 0 fully saturated rings. The van der Waals surface area contributed by atoms with Crippen molar-refractivity contribution in [3.05, 3.63) is 21.9 Å². The number of aldehydes is 1. The van der Waals surface area contributed by atoms with Crippen molar-refractivity contribution in [1.82, 2.24) is 0 Å². The Morgan fingerprint density at radius 1 is 1.67 bits per heavy atom. The van der Waals surface area contributed by atoms with Gasteiger partial charge in [-0.1, -0.05) is 0 Å².